The van der Waals surface area contributed by atoms with Gasteiger partial charge in [0.05, 0.1) is 16.5 Å². The summed E-state index contributed by atoms with van der Waals surface area (Å²) in [7, 11) is 1.96. The van der Waals surface area contributed by atoms with Crippen molar-refractivity contribution in [2.75, 3.05) is 0 Å². The molecule has 1 N–H and O–H groups in total. The van der Waals surface area contributed by atoms with Gasteiger partial charge in [0.2, 0.25) is 0 Å². The fourth-order valence-electron chi connectivity index (χ4n) is 2.59. The Morgan fingerprint density at radius 3 is 3.14 bits per heavy atom. The third-order valence-electron chi connectivity index (χ3n) is 3.67. The number of thiophene rings is 1. The Kier molecular flexibility index (Phi) is 2.93. The summed E-state index contributed by atoms with van der Waals surface area (Å²) in [6.07, 6.45) is 8.99. The van der Waals surface area contributed by atoms with Crippen LogP contribution in [-0.2, 0) is 13.6 Å². The molecule has 0 saturated heterocycles. The fourth-order valence-corrected chi connectivity index (χ4v) is 3.37. The minimum atomic E-state index is -0.120. The number of imidazole rings is 1. The van der Waals surface area contributed by atoms with E-state index in [0.717, 1.165) is 21.3 Å². The lowest BCUT2D eigenvalue weighted by Gasteiger charge is -2.05. The minimum absolute atomic E-state index is 0.120. The predicted octanol–water partition coefficient (Wildman–Crippen LogP) is 2.21. The number of rotatable bonds is 3. The molecular formula is C15H13N5OS. The zero-order valence-corrected chi connectivity index (χ0v) is 12.7. The summed E-state index contributed by atoms with van der Waals surface area (Å²) in [5.41, 5.74) is 2.56. The lowest BCUT2D eigenvalue weighted by molar-refractivity contribution is 0.0952. The number of nitrogens with one attached hydrogen (secondary N) is 1. The Labute approximate surface area is 130 Å². The first-order valence-electron chi connectivity index (χ1n) is 6.81. The van der Waals surface area contributed by atoms with Gasteiger partial charge in [0.25, 0.3) is 5.91 Å². The molecule has 0 aliphatic heterocycles. The number of hydrogen-bond acceptors (Lipinski definition) is 4. The third kappa shape index (κ3) is 1.98. The summed E-state index contributed by atoms with van der Waals surface area (Å²) >= 11 is 1.58. The number of amides is 1. The van der Waals surface area contributed by atoms with Crippen LogP contribution in [0, 0.1) is 0 Å². The van der Waals surface area contributed by atoms with Crippen molar-refractivity contribution in [3.8, 4) is 0 Å². The molecule has 110 valence electrons. The predicted molar refractivity (Wildman–Crippen MR) is 85.0 cm³/mol. The summed E-state index contributed by atoms with van der Waals surface area (Å²) in [4.78, 5) is 16.6. The van der Waals surface area contributed by atoms with E-state index in [2.05, 4.69) is 15.4 Å². The maximum atomic E-state index is 12.4. The second-order valence-electron chi connectivity index (χ2n) is 5.05. The molecule has 1 amide bonds. The smallest absolute Gasteiger partial charge is 0.253 e. The van der Waals surface area contributed by atoms with Crippen molar-refractivity contribution in [1.29, 1.82) is 0 Å². The molecule has 4 aromatic heterocycles. The highest BCUT2D eigenvalue weighted by atomic mass is 32.1. The van der Waals surface area contributed by atoms with Crippen molar-refractivity contribution < 1.29 is 4.79 Å². The first kappa shape index (κ1) is 13.0. The van der Waals surface area contributed by atoms with Gasteiger partial charge in [-0.3, -0.25) is 9.78 Å². The number of aromatic nitrogens is 4. The quantitative estimate of drug-likeness (QED) is 0.631. The second-order valence-corrected chi connectivity index (χ2v) is 6.00. The molecule has 0 aliphatic carbocycles. The van der Waals surface area contributed by atoms with Crippen LogP contribution in [0.25, 0.3) is 15.7 Å². The molecule has 0 fully saturated rings. The van der Waals surface area contributed by atoms with E-state index in [0.29, 0.717) is 12.1 Å². The molecule has 0 aromatic carbocycles. The molecule has 0 spiro atoms. The maximum absolute atomic E-state index is 12.4. The third-order valence-corrected chi connectivity index (χ3v) is 4.52. The molecular weight excluding hydrogens is 298 g/mol. The number of carbonyl (C=O) groups is 1. The molecule has 4 aromatic rings. The molecule has 0 unspecified atom stereocenters. The number of pyridine rings is 1. The van der Waals surface area contributed by atoms with Crippen LogP contribution in [0.3, 0.4) is 0 Å². The second kappa shape index (κ2) is 4.96. The zero-order valence-electron chi connectivity index (χ0n) is 11.9. The van der Waals surface area contributed by atoms with Gasteiger partial charge in [0.1, 0.15) is 5.65 Å². The monoisotopic (exact) mass is 311 g/mol. The Hall–Kier alpha value is -2.67. The Morgan fingerprint density at radius 1 is 1.32 bits per heavy atom. The maximum Gasteiger partial charge on any atom is 0.253 e. The van der Waals surface area contributed by atoms with Crippen molar-refractivity contribution in [1.82, 2.24) is 24.5 Å². The van der Waals surface area contributed by atoms with Crippen LogP contribution in [0.15, 0.2) is 42.4 Å². The molecule has 0 saturated carbocycles. The first-order chi connectivity index (χ1) is 10.7. The number of nitrogens with zero attached hydrogens (tertiary/aromatic N) is 4. The summed E-state index contributed by atoms with van der Waals surface area (Å²) in [6.45, 7) is 0.431. The van der Waals surface area contributed by atoms with E-state index in [1.165, 1.54) is 0 Å². The molecule has 0 atom stereocenters. The van der Waals surface area contributed by atoms with Crippen LogP contribution in [0.5, 0.6) is 0 Å². The number of hydrogen-bond donors (Lipinski definition) is 1. The molecule has 6 nitrogen and oxygen atoms in total. The summed E-state index contributed by atoms with van der Waals surface area (Å²) in [6, 6.07) is 1.95. The standard InChI is InChI=1S/C15H13N5OS/c1-19-3-4-20-15(19)10(7-18-20)6-17-14(21)12-8-16-9-13-11(12)2-5-22-13/h2-5,7-9H,6H2,1H3,(H,17,21). The van der Waals surface area contributed by atoms with Crippen LogP contribution in [-0.4, -0.2) is 25.1 Å². The Bertz CT molecular complexity index is 980. The van der Waals surface area contributed by atoms with E-state index in [1.54, 1.807) is 34.4 Å². The van der Waals surface area contributed by atoms with E-state index < -0.39 is 0 Å². The molecule has 4 rings (SSSR count). The molecule has 4 heterocycles. The van der Waals surface area contributed by atoms with Gasteiger partial charge in [-0.15, -0.1) is 11.3 Å². The van der Waals surface area contributed by atoms with Gasteiger partial charge in [-0.2, -0.15) is 5.10 Å². The minimum Gasteiger partial charge on any atom is -0.348 e. The van der Waals surface area contributed by atoms with Crippen LogP contribution >= 0.6 is 11.3 Å². The van der Waals surface area contributed by atoms with Crippen molar-refractivity contribution in [3.63, 3.8) is 0 Å². The van der Waals surface area contributed by atoms with Crippen molar-refractivity contribution in [2.24, 2.45) is 7.05 Å². The highest BCUT2D eigenvalue weighted by molar-refractivity contribution is 7.17. The molecule has 22 heavy (non-hydrogen) atoms. The highest BCUT2D eigenvalue weighted by Crippen LogP contribution is 2.23. The molecule has 0 radical (unpaired) electrons. The number of fused-ring (bicyclic) bond motifs is 2. The van der Waals surface area contributed by atoms with E-state index in [1.807, 2.05) is 35.5 Å². The van der Waals surface area contributed by atoms with Crippen molar-refractivity contribution in [2.45, 2.75) is 6.54 Å². The van der Waals surface area contributed by atoms with Gasteiger partial charge < -0.3 is 9.88 Å². The number of carbonyl (C=O) groups excluding carboxylic acids is 1. The fraction of sp³-hybridized carbons (Fsp3) is 0.133. The summed E-state index contributed by atoms with van der Waals surface area (Å²) < 4.78 is 4.79. The molecule has 0 bridgehead atoms. The van der Waals surface area contributed by atoms with E-state index >= 15 is 0 Å². The van der Waals surface area contributed by atoms with E-state index in [4.69, 9.17) is 0 Å². The topological polar surface area (TPSA) is 64.2 Å². The SMILES string of the molecule is Cn1ccn2ncc(CNC(=O)c3cncc4sccc34)c12. The van der Waals surface area contributed by atoms with E-state index in [9.17, 15) is 4.79 Å². The number of aryl methyl sites for hydroxylation is 1. The van der Waals surface area contributed by atoms with Crippen LogP contribution < -0.4 is 5.32 Å². The lowest BCUT2D eigenvalue weighted by atomic mass is 10.2. The van der Waals surface area contributed by atoms with Crippen LogP contribution in [0.2, 0.25) is 0 Å². The normalized spacial score (nSPS) is 11.3. The largest absolute Gasteiger partial charge is 0.348 e. The van der Waals surface area contributed by atoms with Gasteiger partial charge in [-0.25, -0.2) is 4.52 Å². The van der Waals surface area contributed by atoms with E-state index in [-0.39, 0.29) is 5.91 Å². The molecule has 0 aliphatic rings. The highest BCUT2D eigenvalue weighted by Gasteiger charge is 2.13. The van der Waals surface area contributed by atoms with Gasteiger partial charge in [-0.1, -0.05) is 0 Å². The first-order valence-corrected chi connectivity index (χ1v) is 7.69. The summed E-state index contributed by atoms with van der Waals surface area (Å²) in [5, 5.41) is 10.1. The lowest BCUT2D eigenvalue weighted by Crippen LogP contribution is -2.23. The zero-order chi connectivity index (χ0) is 15.1. The van der Waals surface area contributed by atoms with Gasteiger partial charge in [0.15, 0.2) is 0 Å². The van der Waals surface area contributed by atoms with Gasteiger partial charge in [0, 0.05) is 49.3 Å². The average Bonchev–Trinajstić information content (AvgIpc) is 3.22. The Morgan fingerprint density at radius 2 is 2.23 bits per heavy atom. The van der Waals surface area contributed by atoms with Gasteiger partial charge >= 0.3 is 0 Å². The van der Waals surface area contributed by atoms with Crippen molar-refractivity contribution >= 4 is 33.0 Å². The molecule has 7 heteroatoms. The van der Waals surface area contributed by atoms with Crippen molar-refractivity contribution in [3.05, 3.63) is 53.6 Å². The van der Waals surface area contributed by atoms with Crippen LogP contribution in [0.4, 0.5) is 0 Å². The van der Waals surface area contributed by atoms with Gasteiger partial charge in [-0.05, 0) is 11.4 Å². The summed E-state index contributed by atoms with van der Waals surface area (Å²) in [5.74, 6) is -0.120. The average molecular weight is 311 g/mol. The Balaban J connectivity index is 1.60. The van der Waals surface area contributed by atoms with Crippen LogP contribution in [0.1, 0.15) is 15.9 Å².